The van der Waals surface area contributed by atoms with E-state index in [1.165, 1.54) is 37.4 Å². The second-order valence-electron chi connectivity index (χ2n) is 5.62. The second-order valence-corrected chi connectivity index (χ2v) is 5.62. The van der Waals surface area contributed by atoms with Crippen LogP contribution in [0, 0.1) is 6.92 Å². The normalized spacial score (nSPS) is 16.9. The number of nitrogens with one attached hydrogen (secondary N) is 1. The molecule has 1 saturated heterocycles. The molecule has 1 N–H and O–H groups in total. The van der Waals surface area contributed by atoms with Crippen molar-refractivity contribution >= 4 is 5.82 Å². The van der Waals surface area contributed by atoms with Crippen molar-refractivity contribution in [3.8, 4) is 0 Å². The average molecular weight is 279 g/mol. The van der Waals surface area contributed by atoms with E-state index in [-0.39, 0.29) is 0 Å². The van der Waals surface area contributed by atoms with Crippen molar-refractivity contribution in [1.82, 2.24) is 20.0 Å². The molecule has 0 amide bonds. The van der Waals surface area contributed by atoms with Gasteiger partial charge in [0.25, 0.3) is 0 Å². The number of aromatic nitrogens is 2. The highest BCUT2D eigenvalue weighted by Crippen LogP contribution is 2.24. The fourth-order valence-electron chi connectivity index (χ4n) is 3.04. The highest BCUT2D eigenvalue weighted by Gasteiger charge is 2.23. The number of hydrogen-bond acceptors (Lipinski definition) is 4. The lowest BCUT2D eigenvalue weighted by molar-refractivity contribution is 0.257. The first kappa shape index (κ1) is 15.3. The first-order valence-electron chi connectivity index (χ1n) is 7.87. The fourth-order valence-corrected chi connectivity index (χ4v) is 3.04. The van der Waals surface area contributed by atoms with Gasteiger partial charge in [0.1, 0.15) is 5.82 Å². The Morgan fingerprint density at radius 3 is 2.45 bits per heavy atom. The fraction of sp³-hybridized carbons (Fsp3) is 0.800. The zero-order valence-electron chi connectivity index (χ0n) is 13.4. The van der Waals surface area contributed by atoms with Crippen molar-refractivity contribution < 1.29 is 0 Å². The number of piperazine rings is 1. The summed E-state index contributed by atoms with van der Waals surface area (Å²) in [5, 5.41) is 8.05. The van der Waals surface area contributed by atoms with Crippen LogP contribution in [0.4, 0.5) is 5.82 Å². The summed E-state index contributed by atoms with van der Waals surface area (Å²) in [6, 6.07) is 0. The van der Waals surface area contributed by atoms with E-state index >= 15 is 0 Å². The zero-order valence-corrected chi connectivity index (χ0v) is 13.4. The number of anilines is 1. The number of aryl methyl sites for hydroxylation is 2. The van der Waals surface area contributed by atoms with Crippen LogP contribution in [0.5, 0.6) is 0 Å². The Hall–Kier alpha value is -1.07. The van der Waals surface area contributed by atoms with Gasteiger partial charge in [-0.3, -0.25) is 9.58 Å². The van der Waals surface area contributed by atoms with E-state index in [0.717, 1.165) is 31.9 Å². The molecule has 1 fully saturated rings. The molecule has 0 unspecified atom stereocenters. The summed E-state index contributed by atoms with van der Waals surface area (Å²) in [5.74, 6) is 1.31. The Morgan fingerprint density at radius 1 is 1.15 bits per heavy atom. The predicted octanol–water partition coefficient (Wildman–Crippen LogP) is 1.37. The number of rotatable bonds is 6. The van der Waals surface area contributed by atoms with Gasteiger partial charge in [-0.1, -0.05) is 13.8 Å². The lowest BCUT2D eigenvalue weighted by atomic mass is 10.2. The highest BCUT2D eigenvalue weighted by molar-refractivity contribution is 5.50. The third-order valence-corrected chi connectivity index (χ3v) is 4.08. The Kier molecular flexibility index (Phi) is 5.43. The van der Waals surface area contributed by atoms with Crippen molar-refractivity contribution in [3.63, 3.8) is 0 Å². The second kappa shape index (κ2) is 7.09. The Labute approximate surface area is 122 Å². The average Bonchev–Trinajstić information content (AvgIpc) is 2.72. The van der Waals surface area contributed by atoms with E-state index in [4.69, 9.17) is 0 Å². The SMILES string of the molecule is CCCN1CCN(c2c(CNCC)c(C)nn2C)CC1. The van der Waals surface area contributed by atoms with Crippen LogP contribution in [0.15, 0.2) is 0 Å². The van der Waals surface area contributed by atoms with Crippen LogP contribution in [0.2, 0.25) is 0 Å². The van der Waals surface area contributed by atoms with Crippen LogP contribution >= 0.6 is 0 Å². The minimum atomic E-state index is 0.917. The Balaban J connectivity index is 2.08. The van der Waals surface area contributed by atoms with Gasteiger partial charge >= 0.3 is 0 Å². The number of hydrogen-bond donors (Lipinski definition) is 1. The van der Waals surface area contributed by atoms with Crippen molar-refractivity contribution in [2.45, 2.75) is 33.7 Å². The molecule has 0 saturated carbocycles. The van der Waals surface area contributed by atoms with E-state index in [2.05, 4.69) is 52.7 Å². The van der Waals surface area contributed by atoms with E-state index < -0.39 is 0 Å². The maximum Gasteiger partial charge on any atom is 0.131 e. The van der Waals surface area contributed by atoms with E-state index in [0.29, 0.717) is 0 Å². The van der Waals surface area contributed by atoms with Gasteiger partial charge in [-0.05, 0) is 26.4 Å². The van der Waals surface area contributed by atoms with Gasteiger partial charge in [0.2, 0.25) is 0 Å². The van der Waals surface area contributed by atoms with Gasteiger partial charge in [-0.25, -0.2) is 0 Å². The van der Waals surface area contributed by atoms with Crippen LogP contribution < -0.4 is 10.2 Å². The lowest BCUT2D eigenvalue weighted by Crippen LogP contribution is -2.47. The molecule has 1 aliphatic heterocycles. The van der Waals surface area contributed by atoms with Gasteiger partial charge in [-0.2, -0.15) is 5.10 Å². The largest absolute Gasteiger partial charge is 0.354 e. The van der Waals surface area contributed by atoms with Crippen LogP contribution in [-0.4, -0.2) is 53.9 Å². The molecule has 0 aliphatic carbocycles. The molecule has 0 spiro atoms. The molecule has 1 aromatic rings. The molecule has 0 bridgehead atoms. The van der Waals surface area contributed by atoms with E-state index in [1.807, 2.05) is 0 Å². The maximum absolute atomic E-state index is 4.62. The maximum atomic E-state index is 4.62. The molecule has 0 radical (unpaired) electrons. The monoisotopic (exact) mass is 279 g/mol. The molecule has 2 heterocycles. The summed E-state index contributed by atoms with van der Waals surface area (Å²) in [4.78, 5) is 5.06. The first-order valence-corrected chi connectivity index (χ1v) is 7.87. The zero-order chi connectivity index (χ0) is 14.5. The Bertz CT molecular complexity index is 418. The standard InChI is InChI=1S/C15H29N5/c1-5-7-19-8-10-20(11-9-19)15-14(12-16-6-2)13(3)17-18(15)4/h16H,5-12H2,1-4H3. The van der Waals surface area contributed by atoms with Crippen LogP contribution in [-0.2, 0) is 13.6 Å². The molecule has 5 heteroatoms. The molecule has 0 atom stereocenters. The third kappa shape index (κ3) is 3.33. The quantitative estimate of drug-likeness (QED) is 0.853. The van der Waals surface area contributed by atoms with E-state index in [1.54, 1.807) is 0 Å². The Morgan fingerprint density at radius 2 is 1.85 bits per heavy atom. The summed E-state index contributed by atoms with van der Waals surface area (Å²) in [6.45, 7) is 14.2. The van der Waals surface area contributed by atoms with Crippen LogP contribution in [0.25, 0.3) is 0 Å². The summed E-state index contributed by atoms with van der Waals surface area (Å²) in [5.41, 5.74) is 2.51. The first-order chi connectivity index (χ1) is 9.67. The summed E-state index contributed by atoms with van der Waals surface area (Å²) >= 11 is 0. The van der Waals surface area contributed by atoms with E-state index in [9.17, 15) is 0 Å². The van der Waals surface area contributed by atoms with Crippen molar-refractivity contribution in [2.75, 3.05) is 44.2 Å². The molecule has 5 nitrogen and oxygen atoms in total. The number of nitrogens with zero attached hydrogens (tertiary/aromatic N) is 4. The summed E-state index contributed by atoms with van der Waals surface area (Å²) in [7, 11) is 2.07. The van der Waals surface area contributed by atoms with Gasteiger partial charge < -0.3 is 10.2 Å². The molecule has 1 aliphatic rings. The van der Waals surface area contributed by atoms with Gasteiger partial charge in [0.05, 0.1) is 5.69 Å². The molecule has 114 valence electrons. The molecular weight excluding hydrogens is 250 g/mol. The van der Waals surface area contributed by atoms with Crippen molar-refractivity contribution in [3.05, 3.63) is 11.3 Å². The van der Waals surface area contributed by atoms with Crippen LogP contribution in [0.3, 0.4) is 0 Å². The minimum Gasteiger partial charge on any atom is -0.354 e. The molecule has 2 rings (SSSR count). The smallest absolute Gasteiger partial charge is 0.131 e. The molecule has 20 heavy (non-hydrogen) atoms. The third-order valence-electron chi connectivity index (χ3n) is 4.08. The van der Waals surface area contributed by atoms with Gasteiger partial charge in [-0.15, -0.1) is 0 Å². The minimum absolute atomic E-state index is 0.917. The van der Waals surface area contributed by atoms with Crippen molar-refractivity contribution in [1.29, 1.82) is 0 Å². The van der Waals surface area contributed by atoms with Crippen molar-refractivity contribution in [2.24, 2.45) is 7.05 Å². The van der Waals surface area contributed by atoms with Gasteiger partial charge in [0.15, 0.2) is 0 Å². The lowest BCUT2D eigenvalue weighted by Gasteiger charge is -2.36. The highest BCUT2D eigenvalue weighted by atomic mass is 15.4. The summed E-state index contributed by atoms with van der Waals surface area (Å²) in [6.07, 6.45) is 1.25. The predicted molar refractivity (Wildman–Crippen MR) is 84.3 cm³/mol. The van der Waals surface area contributed by atoms with Crippen LogP contribution in [0.1, 0.15) is 31.5 Å². The van der Waals surface area contributed by atoms with Gasteiger partial charge in [0, 0.05) is 45.3 Å². The molecular formula is C15H29N5. The summed E-state index contributed by atoms with van der Waals surface area (Å²) < 4.78 is 2.05. The molecule has 0 aromatic carbocycles. The topological polar surface area (TPSA) is 36.3 Å². The molecule has 1 aromatic heterocycles.